The molecule has 0 amide bonds. The minimum atomic E-state index is 0.775. The summed E-state index contributed by atoms with van der Waals surface area (Å²) in [7, 11) is 1.72. The molecule has 0 unspecified atom stereocenters. The number of nitrogens with one attached hydrogen (secondary N) is 1. The number of aryl methyl sites for hydroxylation is 1. The van der Waals surface area contributed by atoms with Gasteiger partial charge in [0.1, 0.15) is 0 Å². The fourth-order valence-electron chi connectivity index (χ4n) is 1.75. The van der Waals surface area contributed by atoms with Gasteiger partial charge in [0.25, 0.3) is 0 Å². The van der Waals surface area contributed by atoms with E-state index in [0.29, 0.717) is 0 Å². The molecule has 1 N–H and O–H groups in total. The summed E-state index contributed by atoms with van der Waals surface area (Å²) in [4.78, 5) is 4.34. The van der Waals surface area contributed by atoms with Gasteiger partial charge in [-0.1, -0.05) is 0 Å². The van der Waals surface area contributed by atoms with E-state index in [0.717, 1.165) is 32.1 Å². The van der Waals surface area contributed by atoms with Gasteiger partial charge in [0.05, 0.1) is 6.54 Å². The van der Waals surface area contributed by atoms with E-state index < -0.39 is 0 Å². The van der Waals surface area contributed by atoms with Crippen molar-refractivity contribution in [3.8, 4) is 0 Å². The summed E-state index contributed by atoms with van der Waals surface area (Å²) in [5, 5.41) is 7.71. The number of nitrogens with zero attached hydrogens (tertiary/aromatic N) is 2. The molecule has 0 saturated heterocycles. The van der Waals surface area contributed by atoms with E-state index in [4.69, 9.17) is 4.74 Å². The Morgan fingerprint density at radius 1 is 1.44 bits per heavy atom. The zero-order valence-corrected chi connectivity index (χ0v) is 11.7. The summed E-state index contributed by atoms with van der Waals surface area (Å²) in [6.45, 7) is 4.68. The molecule has 2 aromatic heterocycles. The molecule has 0 aliphatic rings. The monoisotopic (exact) mass is 265 g/mol. The van der Waals surface area contributed by atoms with Gasteiger partial charge in [0.2, 0.25) is 5.95 Å². The fraction of sp³-hybridized carbons (Fsp3) is 0.462. The minimum Gasteiger partial charge on any atom is -0.385 e. The lowest BCUT2D eigenvalue weighted by Gasteiger charge is -2.09. The molecular weight excluding hydrogens is 246 g/mol. The summed E-state index contributed by atoms with van der Waals surface area (Å²) in [5.41, 5.74) is 2.71. The lowest BCUT2D eigenvalue weighted by Crippen LogP contribution is -2.10. The largest absolute Gasteiger partial charge is 0.385 e. The predicted octanol–water partition coefficient (Wildman–Crippen LogP) is 2.75. The Morgan fingerprint density at radius 3 is 3.06 bits per heavy atom. The highest BCUT2D eigenvalue weighted by molar-refractivity contribution is 7.08. The second-order valence-corrected chi connectivity index (χ2v) is 4.98. The molecule has 2 heterocycles. The lowest BCUT2D eigenvalue weighted by molar-refractivity contribution is 0.197. The van der Waals surface area contributed by atoms with Gasteiger partial charge in [-0.15, -0.1) is 0 Å². The van der Waals surface area contributed by atoms with E-state index in [1.54, 1.807) is 18.4 Å². The molecule has 0 fully saturated rings. The topological polar surface area (TPSA) is 39.1 Å². The molecule has 0 aromatic carbocycles. The molecule has 2 rings (SSSR count). The summed E-state index contributed by atoms with van der Waals surface area (Å²) in [5.74, 6) is 0.928. The van der Waals surface area contributed by atoms with Gasteiger partial charge in [-0.2, -0.15) is 11.3 Å². The number of anilines is 1. The normalized spacial score (nSPS) is 10.8. The predicted molar refractivity (Wildman–Crippen MR) is 75.4 cm³/mol. The number of aromatic nitrogens is 2. The number of methoxy groups -OCH3 is 1. The van der Waals surface area contributed by atoms with Crippen LogP contribution in [0, 0.1) is 6.92 Å². The summed E-state index contributed by atoms with van der Waals surface area (Å²) in [6.07, 6.45) is 4.83. The molecular formula is C13H19N3OS. The minimum absolute atomic E-state index is 0.775. The highest BCUT2D eigenvalue weighted by Gasteiger charge is 2.05. The standard InChI is InChI=1S/C13H19N3OS/c1-11-9-18-10-12(11)8-16-6-5-15-13(16)14-4-3-7-17-2/h5-6,9-10H,3-4,7-8H2,1-2H3,(H,14,15). The first-order valence-corrected chi connectivity index (χ1v) is 7.01. The van der Waals surface area contributed by atoms with Crippen molar-refractivity contribution in [1.82, 2.24) is 9.55 Å². The molecule has 0 atom stereocenters. The van der Waals surface area contributed by atoms with Crippen molar-refractivity contribution in [1.29, 1.82) is 0 Å². The second-order valence-electron chi connectivity index (χ2n) is 4.23. The van der Waals surface area contributed by atoms with Gasteiger partial charge in [-0.05, 0) is 35.2 Å². The summed E-state index contributed by atoms with van der Waals surface area (Å²) < 4.78 is 7.17. The van der Waals surface area contributed by atoms with Gasteiger partial charge in [0, 0.05) is 32.7 Å². The Bertz CT molecular complexity index is 478. The molecule has 2 aromatic rings. The fourth-order valence-corrected chi connectivity index (χ4v) is 2.60. The first-order chi connectivity index (χ1) is 8.81. The molecule has 18 heavy (non-hydrogen) atoms. The Balaban J connectivity index is 1.93. The first kappa shape index (κ1) is 13.1. The SMILES string of the molecule is COCCCNc1nccn1Cc1cscc1C. The Morgan fingerprint density at radius 2 is 2.33 bits per heavy atom. The number of rotatable bonds is 7. The number of ether oxygens (including phenoxy) is 1. The Hall–Kier alpha value is -1.33. The van der Waals surface area contributed by atoms with Crippen molar-refractivity contribution >= 4 is 17.3 Å². The van der Waals surface area contributed by atoms with Crippen LogP contribution >= 0.6 is 11.3 Å². The van der Waals surface area contributed by atoms with Crippen LogP contribution in [0.5, 0.6) is 0 Å². The maximum absolute atomic E-state index is 5.03. The van der Waals surface area contributed by atoms with E-state index in [1.165, 1.54) is 11.1 Å². The number of hydrogen-bond acceptors (Lipinski definition) is 4. The van der Waals surface area contributed by atoms with E-state index in [-0.39, 0.29) is 0 Å². The summed E-state index contributed by atoms with van der Waals surface area (Å²) >= 11 is 1.75. The van der Waals surface area contributed by atoms with Crippen LogP contribution < -0.4 is 5.32 Å². The van der Waals surface area contributed by atoms with Crippen molar-refractivity contribution < 1.29 is 4.74 Å². The number of hydrogen-bond donors (Lipinski definition) is 1. The molecule has 4 nitrogen and oxygen atoms in total. The van der Waals surface area contributed by atoms with E-state index in [1.807, 2.05) is 12.4 Å². The van der Waals surface area contributed by atoms with Crippen molar-refractivity contribution in [3.05, 3.63) is 34.3 Å². The zero-order chi connectivity index (χ0) is 12.8. The van der Waals surface area contributed by atoms with Gasteiger partial charge >= 0.3 is 0 Å². The zero-order valence-electron chi connectivity index (χ0n) is 10.8. The smallest absolute Gasteiger partial charge is 0.203 e. The van der Waals surface area contributed by atoms with Crippen LogP contribution in [0.25, 0.3) is 0 Å². The maximum Gasteiger partial charge on any atom is 0.203 e. The van der Waals surface area contributed by atoms with Crippen molar-refractivity contribution in [2.45, 2.75) is 19.9 Å². The van der Waals surface area contributed by atoms with Gasteiger partial charge < -0.3 is 14.6 Å². The maximum atomic E-state index is 5.03. The number of thiophene rings is 1. The van der Waals surface area contributed by atoms with Crippen molar-refractivity contribution in [2.75, 3.05) is 25.6 Å². The van der Waals surface area contributed by atoms with Crippen LogP contribution in [0.3, 0.4) is 0 Å². The van der Waals surface area contributed by atoms with Gasteiger partial charge in [-0.25, -0.2) is 4.98 Å². The molecule has 0 radical (unpaired) electrons. The molecule has 5 heteroatoms. The first-order valence-electron chi connectivity index (χ1n) is 6.07. The highest BCUT2D eigenvalue weighted by atomic mass is 32.1. The molecule has 0 bridgehead atoms. The third-order valence-corrected chi connectivity index (χ3v) is 3.74. The van der Waals surface area contributed by atoms with E-state index in [2.05, 4.69) is 32.6 Å². The van der Waals surface area contributed by atoms with Crippen LogP contribution in [0.2, 0.25) is 0 Å². The van der Waals surface area contributed by atoms with Crippen LogP contribution in [-0.4, -0.2) is 29.8 Å². The highest BCUT2D eigenvalue weighted by Crippen LogP contribution is 2.17. The second kappa shape index (κ2) is 6.56. The van der Waals surface area contributed by atoms with Gasteiger partial charge in [0.15, 0.2) is 0 Å². The average Bonchev–Trinajstić information content (AvgIpc) is 2.96. The van der Waals surface area contributed by atoms with E-state index in [9.17, 15) is 0 Å². The Kier molecular flexibility index (Phi) is 4.78. The lowest BCUT2D eigenvalue weighted by atomic mass is 10.2. The quantitative estimate of drug-likeness (QED) is 0.782. The van der Waals surface area contributed by atoms with Crippen molar-refractivity contribution in [2.24, 2.45) is 0 Å². The number of imidazole rings is 1. The molecule has 98 valence electrons. The van der Waals surface area contributed by atoms with Crippen molar-refractivity contribution in [3.63, 3.8) is 0 Å². The Labute approximate surface area is 112 Å². The third kappa shape index (κ3) is 3.34. The molecule has 0 spiro atoms. The molecule has 0 aliphatic heterocycles. The van der Waals surface area contributed by atoms with E-state index >= 15 is 0 Å². The third-order valence-electron chi connectivity index (χ3n) is 2.83. The van der Waals surface area contributed by atoms with Gasteiger partial charge in [-0.3, -0.25) is 0 Å². The van der Waals surface area contributed by atoms with Crippen LogP contribution in [0.1, 0.15) is 17.5 Å². The molecule has 0 aliphatic carbocycles. The van der Waals surface area contributed by atoms with Crippen LogP contribution in [0.15, 0.2) is 23.2 Å². The van der Waals surface area contributed by atoms with Crippen LogP contribution in [-0.2, 0) is 11.3 Å². The molecule has 0 saturated carbocycles. The van der Waals surface area contributed by atoms with Crippen LogP contribution in [0.4, 0.5) is 5.95 Å². The average molecular weight is 265 g/mol. The summed E-state index contributed by atoms with van der Waals surface area (Å²) in [6, 6.07) is 0.